The lowest BCUT2D eigenvalue weighted by Gasteiger charge is -2.10. The third-order valence-corrected chi connectivity index (χ3v) is 5.10. The lowest BCUT2D eigenvalue weighted by Crippen LogP contribution is -2.38. The summed E-state index contributed by atoms with van der Waals surface area (Å²) in [4.78, 5) is 22.2. The van der Waals surface area contributed by atoms with Crippen LogP contribution in [-0.4, -0.2) is 36.5 Å². The smallest absolute Gasteiger partial charge is 0.251 e. The van der Waals surface area contributed by atoms with E-state index in [1.165, 1.54) is 4.88 Å². The van der Waals surface area contributed by atoms with Gasteiger partial charge in [0.25, 0.3) is 5.91 Å². The Morgan fingerprint density at radius 3 is 2.39 bits per heavy atom. The molecule has 0 saturated carbocycles. The van der Waals surface area contributed by atoms with Crippen molar-refractivity contribution >= 4 is 47.2 Å². The van der Waals surface area contributed by atoms with Gasteiger partial charge in [-0.1, -0.05) is 19.1 Å². The number of hydrogen-bond acceptors (Lipinski definition) is 4. The summed E-state index contributed by atoms with van der Waals surface area (Å²) in [6, 6.07) is 7.56. The zero-order valence-electron chi connectivity index (χ0n) is 16.7. The minimum atomic E-state index is -0.0454. The molecule has 8 heteroatoms. The van der Waals surface area contributed by atoms with Crippen molar-refractivity contribution in [1.29, 1.82) is 0 Å². The fraction of sp³-hybridized carbons (Fsp3) is 0.450. The maximum Gasteiger partial charge on any atom is 0.251 e. The maximum absolute atomic E-state index is 11.8. The largest absolute Gasteiger partial charge is 0.357 e. The SMILES string of the molecule is CCNC(=O)c1ccc(CN=C(NCC)NCCc2ncc(CC)s2)cc1.I. The summed E-state index contributed by atoms with van der Waals surface area (Å²) in [5.74, 6) is 0.744. The second-order valence-electron chi connectivity index (χ2n) is 6.00. The van der Waals surface area contributed by atoms with Crippen LogP contribution in [-0.2, 0) is 19.4 Å². The minimum Gasteiger partial charge on any atom is -0.357 e. The predicted octanol–water partition coefficient (Wildman–Crippen LogP) is 3.37. The fourth-order valence-electron chi connectivity index (χ4n) is 2.45. The summed E-state index contributed by atoms with van der Waals surface area (Å²) in [5, 5.41) is 10.6. The van der Waals surface area contributed by atoms with E-state index in [1.807, 2.05) is 44.3 Å². The van der Waals surface area contributed by atoms with Crippen molar-refractivity contribution in [1.82, 2.24) is 20.9 Å². The van der Waals surface area contributed by atoms with Crippen LogP contribution in [0.5, 0.6) is 0 Å². The molecular formula is C20H30IN5OS. The van der Waals surface area contributed by atoms with E-state index >= 15 is 0 Å². The number of aliphatic imine (C=N–C) groups is 1. The Bertz CT molecular complexity index is 745. The predicted molar refractivity (Wildman–Crippen MR) is 128 cm³/mol. The van der Waals surface area contributed by atoms with E-state index in [0.29, 0.717) is 18.7 Å². The molecule has 2 rings (SSSR count). The van der Waals surface area contributed by atoms with Crippen LogP contribution in [0.4, 0.5) is 0 Å². The number of nitrogens with one attached hydrogen (secondary N) is 3. The molecule has 0 fully saturated rings. The normalized spacial score (nSPS) is 10.9. The molecule has 1 amide bonds. The highest BCUT2D eigenvalue weighted by atomic mass is 127. The molecule has 0 spiro atoms. The van der Waals surface area contributed by atoms with E-state index in [9.17, 15) is 4.79 Å². The van der Waals surface area contributed by atoms with Crippen molar-refractivity contribution in [2.45, 2.75) is 40.2 Å². The Labute approximate surface area is 188 Å². The zero-order chi connectivity index (χ0) is 19.5. The number of carbonyl (C=O) groups is 1. The molecule has 3 N–H and O–H groups in total. The van der Waals surface area contributed by atoms with E-state index in [-0.39, 0.29) is 29.9 Å². The third-order valence-electron chi connectivity index (χ3n) is 3.90. The van der Waals surface area contributed by atoms with Crippen LogP contribution in [0.15, 0.2) is 35.5 Å². The van der Waals surface area contributed by atoms with Gasteiger partial charge >= 0.3 is 0 Å². The molecule has 154 valence electrons. The molecule has 0 aliphatic carbocycles. The Morgan fingerprint density at radius 1 is 1.07 bits per heavy atom. The van der Waals surface area contributed by atoms with Gasteiger partial charge in [0.2, 0.25) is 0 Å². The van der Waals surface area contributed by atoms with Crippen LogP contribution in [0.1, 0.15) is 46.6 Å². The molecule has 2 aromatic rings. The Balaban J connectivity index is 0.00000392. The molecule has 0 unspecified atom stereocenters. The van der Waals surface area contributed by atoms with Crippen molar-refractivity contribution in [3.63, 3.8) is 0 Å². The number of rotatable bonds is 9. The van der Waals surface area contributed by atoms with Crippen molar-refractivity contribution in [3.8, 4) is 0 Å². The van der Waals surface area contributed by atoms with Gasteiger partial charge in [0.15, 0.2) is 5.96 Å². The van der Waals surface area contributed by atoms with Crippen LogP contribution in [0, 0.1) is 0 Å². The molecule has 1 aromatic heterocycles. The summed E-state index contributed by atoms with van der Waals surface area (Å²) in [6.45, 7) is 8.89. The van der Waals surface area contributed by atoms with Gasteiger partial charge in [-0.2, -0.15) is 0 Å². The van der Waals surface area contributed by atoms with Gasteiger partial charge in [-0.05, 0) is 38.0 Å². The molecule has 0 radical (unpaired) electrons. The number of hydrogen-bond donors (Lipinski definition) is 3. The molecule has 0 aliphatic heterocycles. The van der Waals surface area contributed by atoms with Gasteiger partial charge in [0.05, 0.1) is 11.6 Å². The first-order valence-electron chi connectivity index (χ1n) is 9.49. The molecule has 1 heterocycles. The molecule has 0 aliphatic rings. The first-order valence-corrected chi connectivity index (χ1v) is 10.3. The van der Waals surface area contributed by atoms with Gasteiger partial charge in [-0.3, -0.25) is 4.79 Å². The number of guanidine groups is 1. The highest BCUT2D eigenvalue weighted by Gasteiger charge is 2.04. The average Bonchev–Trinajstić information content (AvgIpc) is 3.14. The molecule has 0 atom stereocenters. The van der Waals surface area contributed by atoms with E-state index in [4.69, 9.17) is 0 Å². The summed E-state index contributed by atoms with van der Waals surface area (Å²) >= 11 is 1.77. The van der Waals surface area contributed by atoms with E-state index in [0.717, 1.165) is 42.5 Å². The molecule has 0 bridgehead atoms. The van der Waals surface area contributed by atoms with Crippen molar-refractivity contribution in [2.24, 2.45) is 4.99 Å². The number of benzene rings is 1. The Morgan fingerprint density at radius 2 is 1.79 bits per heavy atom. The van der Waals surface area contributed by atoms with E-state index in [2.05, 4.69) is 32.9 Å². The molecule has 6 nitrogen and oxygen atoms in total. The zero-order valence-corrected chi connectivity index (χ0v) is 19.9. The summed E-state index contributed by atoms with van der Waals surface area (Å²) < 4.78 is 0. The van der Waals surface area contributed by atoms with Crippen LogP contribution in [0.2, 0.25) is 0 Å². The van der Waals surface area contributed by atoms with Gasteiger partial charge in [0.1, 0.15) is 0 Å². The molecule has 28 heavy (non-hydrogen) atoms. The number of amides is 1. The van der Waals surface area contributed by atoms with E-state index < -0.39 is 0 Å². The van der Waals surface area contributed by atoms with Gasteiger partial charge in [-0.25, -0.2) is 9.98 Å². The van der Waals surface area contributed by atoms with Crippen LogP contribution < -0.4 is 16.0 Å². The fourth-order valence-corrected chi connectivity index (χ4v) is 3.31. The summed E-state index contributed by atoms with van der Waals surface area (Å²) in [5.41, 5.74) is 1.73. The number of aryl methyl sites for hydroxylation is 1. The van der Waals surface area contributed by atoms with E-state index in [1.54, 1.807) is 11.3 Å². The first-order chi connectivity index (χ1) is 13.2. The van der Waals surface area contributed by atoms with Crippen LogP contribution in [0.3, 0.4) is 0 Å². The number of aromatic nitrogens is 1. The number of nitrogens with zero attached hydrogens (tertiary/aromatic N) is 2. The number of halogens is 1. The Kier molecular flexibility index (Phi) is 11.7. The standard InChI is InChI=1S/C20H29N5OS.HI/c1-4-17-14-24-18(27-17)11-12-23-20(22-6-3)25-13-15-7-9-16(10-8-15)19(26)21-5-2;/h7-10,14H,4-6,11-13H2,1-3H3,(H,21,26)(H2,22,23,25);1H. The molecular weight excluding hydrogens is 485 g/mol. The molecule has 0 saturated heterocycles. The third kappa shape index (κ3) is 8.14. The topological polar surface area (TPSA) is 78.4 Å². The second-order valence-corrected chi connectivity index (χ2v) is 7.20. The lowest BCUT2D eigenvalue weighted by molar-refractivity contribution is 0.0956. The second kappa shape index (κ2) is 13.5. The number of carbonyl (C=O) groups excluding carboxylic acids is 1. The highest BCUT2D eigenvalue weighted by molar-refractivity contribution is 14.0. The molecule has 1 aromatic carbocycles. The van der Waals surface area contributed by atoms with Gasteiger partial charge in [0, 0.05) is 42.7 Å². The average molecular weight is 515 g/mol. The first kappa shape index (κ1) is 24.4. The quantitative estimate of drug-likeness (QED) is 0.272. The monoisotopic (exact) mass is 515 g/mol. The van der Waals surface area contributed by atoms with Gasteiger partial charge in [-0.15, -0.1) is 35.3 Å². The summed E-state index contributed by atoms with van der Waals surface area (Å²) in [7, 11) is 0. The van der Waals surface area contributed by atoms with Gasteiger partial charge < -0.3 is 16.0 Å². The lowest BCUT2D eigenvalue weighted by atomic mass is 10.1. The van der Waals surface area contributed by atoms with Crippen LogP contribution >= 0.6 is 35.3 Å². The highest BCUT2D eigenvalue weighted by Crippen LogP contribution is 2.13. The Hall–Kier alpha value is -1.68. The maximum atomic E-state index is 11.8. The van der Waals surface area contributed by atoms with Crippen molar-refractivity contribution in [2.75, 3.05) is 19.6 Å². The summed E-state index contributed by atoms with van der Waals surface area (Å²) in [6.07, 6.45) is 3.88. The van der Waals surface area contributed by atoms with Crippen molar-refractivity contribution in [3.05, 3.63) is 51.5 Å². The minimum absolute atomic E-state index is 0. The van der Waals surface area contributed by atoms with Crippen LogP contribution in [0.25, 0.3) is 0 Å². The van der Waals surface area contributed by atoms with Crippen molar-refractivity contribution < 1.29 is 4.79 Å². The number of thiazole rings is 1.